The molecule has 0 saturated heterocycles. The first-order valence-corrected chi connectivity index (χ1v) is 7.94. The van der Waals surface area contributed by atoms with Gasteiger partial charge in [0.25, 0.3) is 0 Å². The largest absolute Gasteiger partial charge is 0.478 e. The van der Waals surface area contributed by atoms with Gasteiger partial charge in [-0.1, -0.05) is 5.57 Å². The van der Waals surface area contributed by atoms with E-state index in [1.54, 1.807) is 6.92 Å². The summed E-state index contributed by atoms with van der Waals surface area (Å²) in [7, 11) is 0. The van der Waals surface area contributed by atoms with E-state index >= 15 is 0 Å². The van der Waals surface area contributed by atoms with Crippen molar-refractivity contribution in [3.8, 4) is 0 Å². The number of aliphatic carboxylic acids is 1. The molecule has 0 aromatic rings. The fourth-order valence-corrected chi connectivity index (χ4v) is 3.93. The highest BCUT2D eigenvalue weighted by molar-refractivity contribution is 5.87. The van der Waals surface area contributed by atoms with Gasteiger partial charge in [0.2, 0.25) is 0 Å². The predicted molar refractivity (Wildman–Crippen MR) is 80.2 cm³/mol. The molecule has 2 rings (SSSR count). The molecule has 114 valence electrons. The minimum absolute atomic E-state index is 0.303. The lowest BCUT2D eigenvalue weighted by Crippen LogP contribution is -2.32. The van der Waals surface area contributed by atoms with E-state index in [0.717, 1.165) is 51.4 Å². The van der Waals surface area contributed by atoms with E-state index in [0.29, 0.717) is 29.5 Å². The Morgan fingerprint density at radius 1 is 0.850 bits per heavy atom. The second kappa shape index (κ2) is 6.72. The van der Waals surface area contributed by atoms with E-state index < -0.39 is 5.97 Å². The molecule has 0 bridgehead atoms. The van der Waals surface area contributed by atoms with Crippen molar-refractivity contribution in [2.24, 2.45) is 23.3 Å². The molecule has 0 aliphatic heterocycles. The first-order valence-electron chi connectivity index (χ1n) is 7.94. The van der Waals surface area contributed by atoms with E-state index in [1.807, 2.05) is 0 Å². The minimum Gasteiger partial charge on any atom is -0.478 e. The molecule has 20 heavy (non-hydrogen) atoms. The van der Waals surface area contributed by atoms with Crippen LogP contribution in [0.15, 0.2) is 11.1 Å². The topological polar surface area (TPSA) is 89.3 Å². The number of nitrogens with two attached hydrogens (primary N) is 2. The molecule has 0 radical (unpaired) electrons. The Hall–Kier alpha value is -0.870. The number of carbonyl (C=O) groups is 1. The van der Waals surface area contributed by atoms with Crippen molar-refractivity contribution in [1.82, 2.24) is 0 Å². The number of carboxylic acid groups (broad SMARTS) is 1. The average Bonchev–Trinajstić information content (AvgIpc) is 2.43. The minimum atomic E-state index is -0.759. The smallest absolute Gasteiger partial charge is 0.331 e. The van der Waals surface area contributed by atoms with Crippen LogP contribution in [0.3, 0.4) is 0 Å². The van der Waals surface area contributed by atoms with E-state index in [1.165, 1.54) is 5.57 Å². The average molecular weight is 280 g/mol. The summed E-state index contributed by atoms with van der Waals surface area (Å²) >= 11 is 0. The third-order valence-corrected chi connectivity index (χ3v) is 5.18. The zero-order valence-corrected chi connectivity index (χ0v) is 12.5. The molecule has 4 nitrogen and oxygen atoms in total. The predicted octanol–water partition coefficient (Wildman–Crippen LogP) is 2.42. The van der Waals surface area contributed by atoms with Crippen LogP contribution in [0.1, 0.15) is 58.3 Å². The number of carboxylic acids is 1. The Morgan fingerprint density at radius 3 is 1.50 bits per heavy atom. The molecule has 2 saturated carbocycles. The third kappa shape index (κ3) is 3.61. The summed E-state index contributed by atoms with van der Waals surface area (Å²) in [5, 5.41) is 9.41. The maximum absolute atomic E-state index is 11.4. The van der Waals surface area contributed by atoms with Crippen molar-refractivity contribution >= 4 is 5.97 Å². The van der Waals surface area contributed by atoms with Crippen LogP contribution in [-0.4, -0.2) is 23.2 Å². The number of hydrogen-bond acceptors (Lipinski definition) is 3. The summed E-state index contributed by atoms with van der Waals surface area (Å²) in [4.78, 5) is 11.4. The molecule has 0 aromatic carbocycles. The molecule has 0 heterocycles. The van der Waals surface area contributed by atoms with Gasteiger partial charge >= 0.3 is 5.97 Å². The first-order chi connectivity index (χ1) is 9.49. The van der Waals surface area contributed by atoms with Gasteiger partial charge in [0, 0.05) is 17.7 Å². The van der Waals surface area contributed by atoms with E-state index in [-0.39, 0.29) is 0 Å². The van der Waals surface area contributed by atoms with Crippen LogP contribution in [0.2, 0.25) is 0 Å². The van der Waals surface area contributed by atoms with Crippen LogP contribution < -0.4 is 11.5 Å². The van der Waals surface area contributed by atoms with Gasteiger partial charge in [0.05, 0.1) is 0 Å². The van der Waals surface area contributed by atoms with Gasteiger partial charge in [0.1, 0.15) is 0 Å². The Kier molecular flexibility index (Phi) is 5.22. The summed E-state index contributed by atoms with van der Waals surface area (Å²) < 4.78 is 0. The Balaban J connectivity index is 2.17. The van der Waals surface area contributed by atoms with Gasteiger partial charge in [-0.3, -0.25) is 0 Å². The molecule has 0 unspecified atom stereocenters. The Bertz CT molecular complexity index is 352. The van der Waals surface area contributed by atoms with Crippen molar-refractivity contribution in [1.29, 1.82) is 0 Å². The summed E-state index contributed by atoms with van der Waals surface area (Å²) in [6, 6.07) is 0.606. The SMILES string of the molecule is CC(C(=O)O)=C(C1CCC(N)CC1)C1CCC(N)CC1. The van der Waals surface area contributed by atoms with E-state index in [9.17, 15) is 9.90 Å². The van der Waals surface area contributed by atoms with Gasteiger partial charge in [-0.15, -0.1) is 0 Å². The van der Waals surface area contributed by atoms with Crippen molar-refractivity contribution in [2.75, 3.05) is 0 Å². The highest BCUT2D eigenvalue weighted by atomic mass is 16.4. The van der Waals surface area contributed by atoms with Crippen LogP contribution in [0.25, 0.3) is 0 Å². The molecule has 2 aliphatic rings. The van der Waals surface area contributed by atoms with Crippen molar-refractivity contribution in [3.63, 3.8) is 0 Å². The summed E-state index contributed by atoms with van der Waals surface area (Å²) in [6.07, 6.45) is 8.27. The van der Waals surface area contributed by atoms with Crippen molar-refractivity contribution in [2.45, 2.75) is 70.4 Å². The van der Waals surface area contributed by atoms with Crippen LogP contribution in [0, 0.1) is 11.8 Å². The highest BCUT2D eigenvalue weighted by Gasteiger charge is 2.31. The molecule has 0 aromatic heterocycles. The third-order valence-electron chi connectivity index (χ3n) is 5.18. The van der Waals surface area contributed by atoms with Crippen molar-refractivity contribution in [3.05, 3.63) is 11.1 Å². The normalized spacial score (nSPS) is 34.5. The molecular weight excluding hydrogens is 252 g/mol. The van der Waals surface area contributed by atoms with Gasteiger partial charge in [-0.05, 0) is 70.1 Å². The second-order valence-corrected chi connectivity index (χ2v) is 6.61. The fraction of sp³-hybridized carbons (Fsp3) is 0.812. The van der Waals surface area contributed by atoms with Gasteiger partial charge < -0.3 is 16.6 Å². The highest BCUT2D eigenvalue weighted by Crippen LogP contribution is 2.40. The van der Waals surface area contributed by atoms with E-state index in [4.69, 9.17) is 11.5 Å². The maximum Gasteiger partial charge on any atom is 0.331 e. The number of rotatable bonds is 3. The maximum atomic E-state index is 11.4. The molecule has 2 fully saturated rings. The summed E-state index contributed by atoms with van der Waals surface area (Å²) in [6.45, 7) is 1.78. The Morgan fingerprint density at radius 2 is 1.20 bits per heavy atom. The monoisotopic (exact) mass is 280 g/mol. The van der Waals surface area contributed by atoms with Crippen LogP contribution in [0.5, 0.6) is 0 Å². The van der Waals surface area contributed by atoms with Crippen LogP contribution >= 0.6 is 0 Å². The standard InChI is InChI=1S/C16H28N2O2/c1-10(16(19)20)15(11-2-6-13(17)7-3-11)12-4-8-14(18)9-5-12/h11-14H,2-9,17-18H2,1H3,(H,19,20). The summed E-state index contributed by atoms with van der Waals surface area (Å²) in [5.74, 6) is 0.0835. The first kappa shape index (κ1) is 15.5. The molecule has 2 aliphatic carbocycles. The van der Waals surface area contributed by atoms with Crippen molar-refractivity contribution < 1.29 is 9.90 Å². The second-order valence-electron chi connectivity index (χ2n) is 6.61. The lowest BCUT2D eigenvalue weighted by atomic mass is 9.71. The molecule has 0 amide bonds. The van der Waals surface area contributed by atoms with Gasteiger partial charge in [-0.25, -0.2) is 4.79 Å². The van der Waals surface area contributed by atoms with Gasteiger partial charge in [-0.2, -0.15) is 0 Å². The molecular formula is C16H28N2O2. The molecule has 4 heteroatoms. The zero-order chi connectivity index (χ0) is 14.7. The fourth-order valence-electron chi connectivity index (χ4n) is 3.93. The number of allylic oxidation sites excluding steroid dienone is 1. The zero-order valence-electron chi connectivity index (χ0n) is 12.5. The lowest BCUT2D eigenvalue weighted by Gasteiger charge is -2.36. The van der Waals surface area contributed by atoms with Crippen LogP contribution in [0.4, 0.5) is 0 Å². The molecule has 5 N–H and O–H groups in total. The quantitative estimate of drug-likeness (QED) is 0.693. The lowest BCUT2D eigenvalue weighted by molar-refractivity contribution is -0.132. The van der Waals surface area contributed by atoms with Crippen LogP contribution in [-0.2, 0) is 4.79 Å². The number of hydrogen-bond donors (Lipinski definition) is 3. The Labute approximate surface area is 121 Å². The summed E-state index contributed by atoms with van der Waals surface area (Å²) in [5.41, 5.74) is 13.7. The molecule has 0 atom stereocenters. The molecule has 0 spiro atoms. The van der Waals surface area contributed by atoms with Gasteiger partial charge in [0.15, 0.2) is 0 Å². The van der Waals surface area contributed by atoms with E-state index in [2.05, 4.69) is 0 Å².